The largest absolute Gasteiger partial charge is 0.394 e. The Bertz CT molecular complexity index is 1240. The van der Waals surface area contributed by atoms with Crippen LogP contribution >= 0.6 is 23.2 Å². The Labute approximate surface area is 223 Å². The van der Waals surface area contributed by atoms with Gasteiger partial charge in [-0.2, -0.15) is 0 Å². The molecule has 37 heavy (non-hydrogen) atoms. The highest BCUT2D eigenvalue weighted by molar-refractivity contribution is 6.31. The number of aliphatic hydroxyl groups excluding tert-OH is 2. The fourth-order valence-electron chi connectivity index (χ4n) is 5.56. The lowest BCUT2D eigenvalue weighted by Crippen LogP contribution is -2.49. The van der Waals surface area contributed by atoms with Crippen molar-refractivity contribution < 1.29 is 28.6 Å². The Kier molecular flexibility index (Phi) is 7.58. The van der Waals surface area contributed by atoms with Crippen molar-refractivity contribution in [2.75, 3.05) is 18.5 Å². The van der Waals surface area contributed by atoms with Gasteiger partial charge in [0.15, 0.2) is 0 Å². The van der Waals surface area contributed by atoms with Gasteiger partial charge in [-0.1, -0.05) is 56.1 Å². The maximum atomic E-state index is 15.6. The van der Waals surface area contributed by atoms with Crippen LogP contribution in [-0.4, -0.2) is 53.4 Å². The summed E-state index contributed by atoms with van der Waals surface area (Å²) in [5.74, 6) is -3.85. The molecule has 2 aliphatic rings. The molecule has 0 saturated carbocycles. The van der Waals surface area contributed by atoms with Crippen molar-refractivity contribution in [2.45, 2.75) is 56.7 Å². The Morgan fingerprint density at radius 1 is 1.22 bits per heavy atom. The molecule has 1 fully saturated rings. The van der Waals surface area contributed by atoms with Gasteiger partial charge < -0.3 is 26.2 Å². The van der Waals surface area contributed by atoms with Crippen LogP contribution in [0.5, 0.6) is 0 Å². The van der Waals surface area contributed by atoms with Gasteiger partial charge in [0.25, 0.3) is 0 Å². The number of fused-ring (bicyclic) bond motifs is 2. The lowest BCUT2D eigenvalue weighted by atomic mass is 9.62. The highest BCUT2D eigenvalue weighted by atomic mass is 35.5. The molecule has 1 saturated heterocycles. The molecular weight excluding hydrogens is 527 g/mol. The zero-order valence-electron chi connectivity index (χ0n) is 20.5. The minimum Gasteiger partial charge on any atom is -0.394 e. The third-order valence-corrected chi connectivity index (χ3v) is 7.60. The predicted molar refractivity (Wildman–Crippen MR) is 137 cm³/mol. The van der Waals surface area contributed by atoms with E-state index in [2.05, 4.69) is 16.0 Å². The number of amides is 2. The van der Waals surface area contributed by atoms with Gasteiger partial charge >= 0.3 is 0 Å². The first-order valence-electron chi connectivity index (χ1n) is 11.9. The molecule has 0 aromatic heterocycles. The van der Waals surface area contributed by atoms with Crippen molar-refractivity contribution in [1.29, 1.82) is 0 Å². The lowest BCUT2D eigenvalue weighted by molar-refractivity contribution is -0.124. The molecule has 0 unspecified atom stereocenters. The molecule has 200 valence electrons. The van der Waals surface area contributed by atoms with E-state index in [-0.39, 0.29) is 38.8 Å². The second-order valence-electron chi connectivity index (χ2n) is 10.8. The lowest BCUT2D eigenvalue weighted by Gasteiger charge is -2.37. The van der Waals surface area contributed by atoms with Crippen molar-refractivity contribution in [1.82, 2.24) is 10.6 Å². The van der Waals surface area contributed by atoms with E-state index in [4.69, 9.17) is 28.3 Å². The Morgan fingerprint density at radius 2 is 1.92 bits per heavy atom. The van der Waals surface area contributed by atoms with Crippen LogP contribution in [0.2, 0.25) is 10.0 Å². The molecule has 0 radical (unpaired) electrons. The van der Waals surface area contributed by atoms with Crippen molar-refractivity contribution in [3.05, 3.63) is 63.1 Å². The van der Waals surface area contributed by atoms with Gasteiger partial charge in [-0.05, 0) is 41.2 Å². The minimum atomic E-state index is -1.60. The molecule has 4 rings (SSSR count). The number of anilines is 1. The first-order chi connectivity index (χ1) is 17.3. The van der Waals surface area contributed by atoms with E-state index in [1.54, 1.807) is 0 Å². The number of nitrogens with one attached hydrogen (secondary N) is 3. The SMILES string of the molecule is CC(C)(C)C[C@H]1N[C@@H](C(=O)NC[C@H](O)CO)[C@H](c2cccc(Cl)c2F)[C@@]12C(=O)Nc1cc(Cl)c(F)cc12. The van der Waals surface area contributed by atoms with Gasteiger partial charge in [0, 0.05) is 24.2 Å². The number of hydrogen-bond acceptors (Lipinski definition) is 5. The van der Waals surface area contributed by atoms with Crippen molar-refractivity contribution in [2.24, 2.45) is 5.41 Å². The van der Waals surface area contributed by atoms with Gasteiger partial charge in [-0.15, -0.1) is 0 Å². The van der Waals surface area contributed by atoms with Gasteiger partial charge in [-0.3, -0.25) is 9.59 Å². The van der Waals surface area contributed by atoms with E-state index in [1.807, 2.05) is 20.8 Å². The van der Waals surface area contributed by atoms with Crippen LogP contribution in [0.4, 0.5) is 14.5 Å². The fraction of sp³-hybridized carbons (Fsp3) is 0.462. The summed E-state index contributed by atoms with van der Waals surface area (Å²) in [5.41, 5.74) is -1.40. The zero-order chi connectivity index (χ0) is 27.3. The maximum Gasteiger partial charge on any atom is 0.237 e. The van der Waals surface area contributed by atoms with Crippen molar-refractivity contribution in [3.63, 3.8) is 0 Å². The van der Waals surface area contributed by atoms with Crippen LogP contribution in [0.15, 0.2) is 30.3 Å². The van der Waals surface area contributed by atoms with Gasteiger partial charge in [0.1, 0.15) is 17.0 Å². The molecule has 2 amide bonds. The second-order valence-corrected chi connectivity index (χ2v) is 11.6. The Hall–Kier alpha value is -2.30. The summed E-state index contributed by atoms with van der Waals surface area (Å²) in [7, 11) is 0. The first-order valence-corrected chi connectivity index (χ1v) is 12.6. The number of carbonyl (C=O) groups excluding carboxylic acids is 2. The smallest absolute Gasteiger partial charge is 0.237 e. The molecule has 5 N–H and O–H groups in total. The van der Waals surface area contributed by atoms with Crippen LogP contribution in [0.1, 0.15) is 44.2 Å². The van der Waals surface area contributed by atoms with Crippen LogP contribution in [-0.2, 0) is 15.0 Å². The highest BCUT2D eigenvalue weighted by Crippen LogP contribution is 2.57. The molecule has 0 bridgehead atoms. The van der Waals surface area contributed by atoms with E-state index in [1.165, 1.54) is 24.3 Å². The summed E-state index contributed by atoms with van der Waals surface area (Å²) in [6, 6.07) is 4.91. The third-order valence-electron chi connectivity index (χ3n) is 7.02. The van der Waals surface area contributed by atoms with Gasteiger partial charge in [0.2, 0.25) is 11.8 Å². The predicted octanol–water partition coefficient (Wildman–Crippen LogP) is 3.49. The summed E-state index contributed by atoms with van der Waals surface area (Å²) >= 11 is 12.1. The summed E-state index contributed by atoms with van der Waals surface area (Å²) in [6.07, 6.45) is -0.843. The number of carbonyl (C=O) groups is 2. The quantitative estimate of drug-likeness (QED) is 0.374. The van der Waals surface area contributed by atoms with Gasteiger partial charge in [0.05, 0.1) is 28.8 Å². The zero-order valence-corrected chi connectivity index (χ0v) is 22.1. The Balaban J connectivity index is 1.98. The molecule has 0 aliphatic carbocycles. The first kappa shape index (κ1) is 27.7. The fourth-order valence-corrected chi connectivity index (χ4v) is 5.90. The summed E-state index contributed by atoms with van der Waals surface area (Å²) < 4.78 is 30.5. The topological polar surface area (TPSA) is 111 Å². The number of hydrogen-bond donors (Lipinski definition) is 5. The second kappa shape index (κ2) is 10.1. The molecule has 2 aromatic rings. The van der Waals surface area contributed by atoms with E-state index in [0.29, 0.717) is 6.42 Å². The molecule has 5 atom stereocenters. The molecule has 1 spiro atoms. The van der Waals surface area contributed by atoms with Crippen molar-refractivity contribution >= 4 is 40.7 Å². The molecule has 7 nitrogen and oxygen atoms in total. The van der Waals surface area contributed by atoms with Crippen LogP contribution in [0, 0.1) is 17.0 Å². The summed E-state index contributed by atoms with van der Waals surface area (Å²) in [5, 5.41) is 27.1. The molecular formula is C26H29Cl2F2N3O4. The monoisotopic (exact) mass is 555 g/mol. The van der Waals surface area contributed by atoms with Crippen LogP contribution in [0.25, 0.3) is 0 Å². The van der Waals surface area contributed by atoms with Crippen molar-refractivity contribution in [3.8, 4) is 0 Å². The number of halogens is 4. The average molecular weight is 556 g/mol. The molecule has 11 heteroatoms. The summed E-state index contributed by atoms with van der Waals surface area (Å²) in [6.45, 7) is 5.04. The minimum absolute atomic E-state index is 0.0117. The van der Waals surface area contributed by atoms with E-state index < -0.39 is 59.6 Å². The number of aliphatic hydroxyl groups is 2. The average Bonchev–Trinajstić information content (AvgIpc) is 3.28. The van der Waals surface area contributed by atoms with E-state index >= 15 is 4.39 Å². The van der Waals surface area contributed by atoms with Crippen LogP contribution < -0.4 is 16.0 Å². The van der Waals surface area contributed by atoms with Crippen LogP contribution in [0.3, 0.4) is 0 Å². The Morgan fingerprint density at radius 3 is 2.57 bits per heavy atom. The highest BCUT2D eigenvalue weighted by Gasteiger charge is 2.66. The standard InChI is InChI=1S/C26H29Cl2F2N3O4/c1-25(2,3)9-19-26(14-7-17(29)16(28)8-18(14)32-24(26)37)20(13-5-4-6-15(27)21(13)30)22(33-19)23(36)31-10-12(35)11-34/h4-8,12,19-20,22,33-35H,9-11H2,1-3H3,(H,31,36)(H,32,37)/t12-,19+,20-,22+,26-/m0/s1. The third kappa shape index (κ3) is 4.83. The molecule has 2 heterocycles. The maximum absolute atomic E-state index is 15.6. The van der Waals surface area contributed by atoms with E-state index in [9.17, 15) is 19.1 Å². The molecule has 2 aliphatic heterocycles. The number of rotatable bonds is 6. The summed E-state index contributed by atoms with van der Waals surface area (Å²) in [4.78, 5) is 27.4. The molecule has 2 aromatic carbocycles. The number of benzene rings is 2. The van der Waals surface area contributed by atoms with Gasteiger partial charge in [-0.25, -0.2) is 8.78 Å². The van der Waals surface area contributed by atoms with E-state index in [0.717, 1.165) is 6.07 Å². The normalized spacial score (nSPS) is 25.8.